The van der Waals surface area contributed by atoms with Crippen LogP contribution in [0, 0.1) is 0 Å². The van der Waals surface area contributed by atoms with Gasteiger partial charge in [0, 0.05) is 34.0 Å². The molecular weight excluding hydrogens is 571 g/mol. The molecule has 2 nitrogen and oxygen atoms in total. The summed E-state index contributed by atoms with van der Waals surface area (Å²) in [4.78, 5) is 0. The van der Waals surface area contributed by atoms with Crippen LogP contribution >= 0.6 is 0 Å². The Balaban J connectivity index is 0.000000783. The second-order valence-electron chi connectivity index (χ2n) is 11.9. The van der Waals surface area contributed by atoms with E-state index in [1.165, 1.54) is 71.7 Å². The van der Waals surface area contributed by atoms with E-state index in [9.17, 15) is 0 Å². The van der Waals surface area contributed by atoms with E-state index in [1.807, 2.05) is 27.7 Å². The Morgan fingerprint density at radius 1 is 0.596 bits per heavy atom. The number of rotatable bonds is 1. The molecule has 3 aliphatic rings. The predicted molar refractivity (Wildman–Crippen MR) is 199 cm³/mol. The number of benzene rings is 6. The lowest BCUT2D eigenvalue weighted by Crippen LogP contribution is -2.35. The third-order valence-electron chi connectivity index (χ3n) is 9.88. The second kappa shape index (κ2) is 11.5. The lowest BCUT2D eigenvalue weighted by molar-refractivity contribution is 0.364. The van der Waals surface area contributed by atoms with Gasteiger partial charge in [-0.05, 0) is 75.8 Å². The maximum Gasteiger partial charge on any atom is 0.131 e. The van der Waals surface area contributed by atoms with Crippen LogP contribution in [0.2, 0.25) is 0 Å². The van der Waals surface area contributed by atoms with Crippen LogP contribution < -0.4 is 4.74 Å². The zero-order valence-corrected chi connectivity index (χ0v) is 27.5. The van der Waals surface area contributed by atoms with Crippen LogP contribution in [0.3, 0.4) is 0 Å². The Hall–Kier alpha value is -5.34. The van der Waals surface area contributed by atoms with Crippen molar-refractivity contribution in [3.05, 3.63) is 168 Å². The van der Waals surface area contributed by atoms with Crippen LogP contribution in [0.5, 0.6) is 5.75 Å². The molecule has 0 bridgehead atoms. The molecule has 47 heavy (non-hydrogen) atoms. The van der Waals surface area contributed by atoms with Crippen molar-refractivity contribution in [2.75, 3.05) is 0 Å². The van der Waals surface area contributed by atoms with Crippen LogP contribution in [0.4, 0.5) is 0 Å². The largest absolute Gasteiger partial charge is 0.461 e. The van der Waals surface area contributed by atoms with Gasteiger partial charge < -0.3 is 9.30 Å². The number of nitrogens with zero attached hydrogens (tertiary/aromatic N) is 1. The summed E-state index contributed by atoms with van der Waals surface area (Å²) in [6.07, 6.45) is 6.58. The summed E-state index contributed by atoms with van der Waals surface area (Å²) < 4.78 is 9.12. The fourth-order valence-electron chi connectivity index (χ4n) is 8.22. The Bertz CT molecular complexity index is 2370. The molecule has 7 aromatic rings. The number of hydrogen-bond donors (Lipinski definition) is 0. The number of fused-ring (bicyclic) bond motifs is 13. The van der Waals surface area contributed by atoms with E-state index in [0.717, 1.165) is 24.4 Å². The molecule has 0 saturated carbocycles. The van der Waals surface area contributed by atoms with Crippen LogP contribution in [0.1, 0.15) is 57.2 Å². The van der Waals surface area contributed by atoms with Crippen LogP contribution in [-0.2, 0) is 5.41 Å². The van der Waals surface area contributed by atoms with Gasteiger partial charge in [-0.15, -0.1) is 0 Å². The Morgan fingerprint density at radius 2 is 1.32 bits per heavy atom. The van der Waals surface area contributed by atoms with Gasteiger partial charge in [-0.25, -0.2) is 0 Å². The first-order valence-electron chi connectivity index (χ1n) is 17.2. The van der Waals surface area contributed by atoms with Crippen LogP contribution in [0.25, 0.3) is 49.4 Å². The zero-order valence-electron chi connectivity index (χ0n) is 27.5. The number of ether oxygens (including phenoxy) is 1. The Morgan fingerprint density at radius 3 is 2.17 bits per heavy atom. The minimum Gasteiger partial charge on any atom is -0.461 e. The van der Waals surface area contributed by atoms with Crippen molar-refractivity contribution in [1.82, 2.24) is 4.57 Å². The van der Waals surface area contributed by atoms with E-state index in [4.69, 9.17) is 4.74 Å². The van der Waals surface area contributed by atoms with Crippen molar-refractivity contribution >= 4 is 32.6 Å². The van der Waals surface area contributed by atoms with Gasteiger partial charge in [0.05, 0.1) is 16.4 Å². The highest BCUT2D eigenvalue weighted by atomic mass is 16.5. The molecule has 0 saturated heterocycles. The average molecular weight is 610 g/mol. The molecular formula is C45H39NO. The summed E-state index contributed by atoms with van der Waals surface area (Å²) in [6.45, 7) is 8.00. The summed E-state index contributed by atoms with van der Waals surface area (Å²) in [5.41, 5.74) is 11.0. The number of aromatic nitrogens is 1. The lowest BCUT2D eigenvalue weighted by atomic mass is 9.64. The van der Waals surface area contributed by atoms with Crippen molar-refractivity contribution in [2.24, 2.45) is 0 Å². The molecule has 1 aliphatic heterocycles. The highest BCUT2D eigenvalue weighted by molar-refractivity contribution is 6.22. The fourth-order valence-corrected chi connectivity index (χ4v) is 8.22. The SMILES string of the molecule is C1=CC2=C(CC1)Oc1ccccc1C21c2ccccc2-c2cc3c4c5ccccc5ccc4n(-c4ccccc4)c3cc21.CC.CC. The highest BCUT2D eigenvalue weighted by Crippen LogP contribution is 2.62. The molecule has 1 spiro atoms. The lowest BCUT2D eigenvalue weighted by Gasteiger charge is -2.41. The number of allylic oxidation sites excluding steroid dienone is 4. The zero-order chi connectivity index (χ0) is 32.1. The molecule has 0 fully saturated rings. The van der Waals surface area contributed by atoms with E-state index in [0.29, 0.717) is 0 Å². The molecule has 10 rings (SSSR count). The second-order valence-corrected chi connectivity index (χ2v) is 11.9. The summed E-state index contributed by atoms with van der Waals surface area (Å²) in [5, 5.41) is 5.15. The van der Waals surface area contributed by atoms with Gasteiger partial charge in [0.2, 0.25) is 0 Å². The van der Waals surface area contributed by atoms with Gasteiger partial charge in [0.1, 0.15) is 11.5 Å². The molecule has 2 aliphatic carbocycles. The van der Waals surface area contributed by atoms with Gasteiger partial charge in [-0.3, -0.25) is 0 Å². The average Bonchev–Trinajstić information content (AvgIpc) is 3.63. The fraction of sp³-hybridized carbons (Fsp3) is 0.156. The highest BCUT2D eigenvalue weighted by Gasteiger charge is 2.52. The topological polar surface area (TPSA) is 14.2 Å². The van der Waals surface area contributed by atoms with Gasteiger partial charge in [0.25, 0.3) is 0 Å². The third kappa shape index (κ3) is 3.97. The van der Waals surface area contributed by atoms with E-state index in [2.05, 4.69) is 144 Å². The Labute approximate surface area is 277 Å². The predicted octanol–water partition coefficient (Wildman–Crippen LogP) is 12.3. The van der Waals surface area contributed by atoms with Crippen LogP contribution in [-0.4, -0.2) is 4.57 Å². The van der Waals surface area contributed by atoms with Crippen molar-refractivity contribution in [1.29, 1.82) is 0 Å². The first-order valence-corrected chi connectivity index (χ1v) is 17.2. The molecule has 1 aromatic heterocycles. The van der Waals surface area contributed by atoms with Crippen molar-refractivity contribution in [3.63, 3.8) is 0 Å². The molecule has 230 valence electrons. The third-order valence-corrected chi connectivity index (χ3v) is 9.88. The van der Waals surface area contributed by atoms with Crippen molar-refractivity contribution < 1.29 is 4.74 Å². The normalized spacial score (nSPS) is 16.9. The summed E-state index contributed by atoms with van der Waals surface area (Å²) in [6, 6.07) is 46.9. The molecule has 6 aromatic carbocycles. The van der Waals surface area contributed by atoms with Gasteiger partial charge in [-0.1, -0.05) is 131 Å². The molecule has 0 amide bonds. The summed E-state index contributed by atoms with van der Waals surface area (Å²) in [7, 11) is 0. The molecule has 0 radical (unpaired) electrons. The van der Waals surface area contributed by atoms with Gasteiger partial charge >= 0.3 is 0 Å². The minimum atomic E-state index is -0.443. The smallest absolute Gasteiger partial charge is 0.131 e. The summed E-state index contributed by atoms with van der Waals surface area (Å²) in [5.74, 6) is 2.06. The Kier molecular flexibility index (Phi) is 7.10. The first kappa shape index (κ1) is 29.1. The maximum atomic E-state index is 6.65. The number of para-hydroxylation sites is 2. The molecule has 1 unspecified atom stereocenters. The van der Waals surface area contributed by atoms with Gasteiger partial charge in [-0.2, -0.15) is 0 Å². The first-order chi connectivity index (χ1) is 23.3. The molecule has 2 heterocycles. The molecule has 1 atom stereocenters. The summed E-state index contributed by atoms with van der Waals surface area (Å²) >= 11 is 0. The maximum absolute atomic E-state index is 6.65. The van der Waals surface area contributed by atoms with Crippen molar-refractivity contribution in [2.45, 2.75) is 46.0 Å². The molecule has 2 heteroatoms. The van der Waals surface area contributed by atoms with E-state index >= 15 is 0 Å². The van der Waals surface area contributed by atoms with Crippen LogP contribution in [0.15, 0.2) is 151 Å². The quantitative estimate of drug-likeness (QED) is 0.181. The minimum absolute atomic E-state index is 0.443. The van der Waals surface area contributed by atoms with E-state index < -0.39 is 5.41 Å². The van der Waals surface area contributed by atoms with Gasteiger partial charge in [0.15, 0.2) is 0 Å². The monoisotopic (exact) mass is 609 g/mol. The van der Waals surface area contributed by atoms with E-state index in [1.54, 1.807) is 0 Å². The number of hydrogen-bond acceptors (Lipinski definition) is 1. The van der Waals surface area contributed by atoms with Crippen molar-refractivity contribution in [3.8, 4) is 22.6 Å². The van der Waals surface area contributed by atoms with E-state index in [-0.39, 0.29) is 0 Å². The molecule has 0 N–H and O–H groups in total. The standard InChI is InChI=1S/C41H27NO.2C2H6/c1-2-13-27(14-3-1)42-36-23-22-26-12-4-5-15-28(26)40(36)31-24-30-29-16-6-7-17-32(29)41(35(30)25-37(31)42)33-18-8-10-20-38(33)43-39-21-11-9-19-34(39)41;2*1-2/h1-10,12-20,22-25H,11,21H2;2*1-2H3.